The molecule has 0 spiro atoms. The fraction of sp³-hybridized carbons (Fsp3) is 0.857. The van der Waals surface area contributed by atoms with E-state index in [1.807, 2.05) is 11.9 Å². The fourth-order valence-corrected chi connectivity index (χ4v) is 1.50. The van der Waals surface area contributed by atoms with Crippen LogP contribution in [0.3, 0.4) is 0 Å². The zero-order chi connectivity index (χ0) is 9.14. The average Bonchev–Trinajstić information content (AvgIpc) is 2.45. The Bertz CT molecular complexity index is 174. The molecule has 12 heavy (non-hydrogen) atoms. The Labute approximate surface area is 71.3 Å². The summed E-state index contributed by atoms with van der Waals surface area (Å²) in [5.74, 6) is -0.364. The summed E-state index contributed by atoms with van der Waals surface area (Å²) in [7, 11) is 3.46. The number of hydroxylamine groups is 1. The van der Waals surface area contributed by atoms with Gasteiger partial charge < -0.3 is 4.74 Å². The maximum Gasteiger partial charge on any atom is 0.260 e. The summed E-state index contributed by atoms with van der Waals surface area (Å²) in [6.45, 7) is 0.731. The molecule has 1 amide bonds. The number of hydrogen-bond donors (Lipinski definition) is 2. The van der Waals surface area contributed by atoms with Crippen molar-refractivity contribution in [2.24, 2.45) is 0 Å². The van der Waals surface area contributed by atoms with Crippen LogP contribution in [-0.4, -0.2) is 48.9 Å². The number of carbonyl (C=O) groups is 1. The van der Waals surface area contributed by atoms with Gasteiger partial charge in [0, 0.05) is 13.7 Å². The maximum absolute atomic E-state index is 11.0. The highest BCUT2D eigenvalue weighted by molar-refractivity contribution is 5.80. The van der Waals surface area contributed by atoms with E-state index in [1.54, 1.807) is 12.6 Å². The van der Waals surface area contributed by atoms with E-state index in [9.17, 15) is 4.79 Å². The van der Waals surface area contributed by atoms with Crippen LogP contribution in [0.25, 0.3) is 0 Å². The number of likely N-dealkylation sites (tertiary alicyclic amines) is 1. The summed E-state index contributed by atoms with van der Waals surface area (Å²) in [6.07, 6.45) is 0.733. The van der Waals surface area contributed by atoms with Gasteiger partial charge in [-0.05, 0) is 13.5 Å². The summed E-state index contributed by atoms with van der Waals surface area (Å²) >= 11 is 0. The normalized spacial score (nSPS) is 30.6. The largest absolute Gasteiger partial charge is 0.380 e. The lowest BCUT2D eigenvalue weighted by atomic mass is 10.2. The molecule has 1 saturated heterocycles. The maximum atomic E-state index is 11.0. The van der Waals surface area contributed by atoms with Gasteiger partial charge in [-0.3, -0.25) is 14.9 Å². The van der Waals surface area contributed by atoms with Crippen LogP contribution in [0.2, 0.25) is 0 Å². The van der Waals surface area contributed by atoms with Crippen molar-refractivity contribution in [1.29, 1.82) is 0 Å². The molecule has 1 aliphatic heterocycles. The van der Waals surface area contributed by atoms with Crippen molar-refractivity contribution < 1.29 is 14.7 Å². The first-order valence-electron chi connectivity index (χ1n) is 3.86. The van der Waals surface area contributed by atoms with Crippen LogP contribution in [0.5, 0.6) is 0 Å². The van der Waals surface area contributed by atoms with Gasteiger partial charge in [-0.25, -0.2) is 5.48 Å². The Morgan fingerprint density at radius 2 is 2.42 bits per heavy atom. The van der Waals surface area contributed by atoms with Gasteiger partial charge in [0.2, 0.25) is 0 Å². The molecule has 0 bridgehead atoms. The molecule has 0 aliphatic carbocycles. The Kier molecular flexibility index (Phi) is 3.02. The van der Waals surface area contributed by atoms with E-state index in [-0.39, 0.29) is 18.1 Å². The Balaban J connectivity index is 2.51. The van der Waals surface area contributed by atoms with Crippen molar-refractivity contribution in [2.45, 2.75) is 18.6 Å². The zero-order valence-corrected chi connectivity index (χ0v) is 7.28. The van der Waals surface area contributed by atoms with E-state index in [1.165, 1.54) is 0 Å². The molecule has 0 radical (unpaired) electrons. The van der Waals surface area contributed by atoms with Gasteiger partial charge in [0.15, 0.2) is 0 Å². The monoisotopic (exact) mass is 174 g/mol. The van der Waals surface area contributed by atoms with Gasteiger partial charge in [0.1, 0.15) is 0 Å². The number of nitrogens with zero attached hydrogens (tertiary/aromatic N) is 1. The number of likely N-dealkylation sites (N-methyl/N-ethyl adjacent to an activating group) is 1. The predicted molar refractivity (Wildman–Crippen MR) is 41.8 cm³/mol. The number of carbonyl (C=O) groups excluding carboxylic acids is 1. The lowest BCUT2D eigenvalue weighted by molar-refractivity contribution is -0.133. The first-order chi connectivity index (χ1) is 5.69. The van der Waals surface area contributed by atoms with Crippen molar-refractivity contribution in [3.05, 3.63) is 0 Å². The Morgan fingerprint density at radius 3 is 2.83 bits per heavy atom. The van der Waals surface area contributed by atoms with E-state index in [0.717, 1.165) is 6.54 Å². The number of amides is 1. The van der Waals surface area contributed by atoms with E-state index in [0.29, 0.717) is 6.42 Å². The highest BCUT2D eigenvalue weighted by Crippen LogP contribution is 2.17. The highest BCUT2D eigenvalue weighted by Gasteiger charge is 2.34. The molecule has 0 aromatic rings. The van der Waals surface area contributed by atoms with Crippen molar-refractivity contribution in [3.8, 4) is 0 Å². The molecule has 1 aliphatic rings. The molecular formula is C7H14N2O3. The topological polar surface area (TPSA) is 61.8 Å². The second-order valence-electron chi connectivity index (χ2n) is 3.02. The second kappa shape index (κ2) is 3.84. The second-order valence-corrected chi connectivity index (χ2v) is 3.02. The van der Waals surface area contributed by atoms with Crippen LogP contribution >= 0.6 is 0 Å². The summed E-state index contributed by atoms with van der Waals surface area (Å²) in [4.78, 5) is 12.9. The zero-order valence-electron chi connectivity index (χ0n) is 7.28. The molecule has 70 valence electrons. The van der Waals surface area contributed by atoms with Crippen LogP contribution in [0.4, 0.5) is 0 Å². The Morgan fingerprint density at radius 1 is 1.75 bits per heavy atom. The van der Waals surface area contributed by atoms with Gasteiger partial charge in [0.25, 0.3) is 5.91 Å². The Hall–Kier alpha value is -0.650. The van der Waals surface area contributed by atoms with Crippen LogP contribution < -0.4 is 5.48 Å². The lowest BCUT2D eigenvalue weighted by Gasteiger charge is -2.15. The standard InChI is InChI=1S/C7H14N2O3/c1-9-4-5(12-2)3-6(9)7(10)8-11/h5-6,11H,3-4H2,1-2H3,(H,8,10)/t5-,6-/m0/s1. The van der Waals surface area contributed by atoms with Gasteiger partial charge in [-0.2, -0.15) is 0 Å². The van der Waals surface area contributed by atoms with Crippen LogP contribution in [0.15, 0.2) is 0 Å². The van der Waals surface area contributed by atoms with Crippen molar-refractivity contribution >= 4 is 5.91 Å². The molecule has 0 saturated carbocycles. The van der Waals surface area contributed by atoms with Gasteiger partial charge in [0.05, 0.1) is 12.1 Å². The number of methoxy groups -OCH3 is 1. The molecule has 1 rings (SSSR count). The first-order valence-corrected chi connectivity index (χ1v) is 3.86. The number of ether oxygens (including phenoxy) is 1. The van der Waals surface area contributed by atoms with Crippen molar-refractivity contribution in [1.82, 2.24) is 10.4 Å². The molecule has 1 fully saturated rings. The van der Waals surface area contributed by atoms with E-state index in [4.69, 9.17) is 9.94 Å². The predicted octanol–water partition coefficient (Wildman–Crippen LogP) is -0.789. The molecule has 5 heteroatoms. The third-order valence-corrected chi connectivity index (χ3v) is 2.26. The van der Waals surface area contributed by atoms with Crippen LogP contribution in [-0.2, 0) is 9.53 Å². The van der Waals surface area contributed by atoms with Crippen LogP contribution in [0.1, 0.15) is 6.42 Å². The molecule has 0 aromatic carbocycles. The molecule has 5 nitrogen and oxygen atoms in total. The molecule has 1 heterocycles. The van der Waals surface area contributed by atoms with Crippen molar-refractivity contribution in [3.63, 3.8) is 0 Å². The van der Waals surface area contributed by atoms with E-state index < -0.39 is 0 Å². The number of hydrogen-bond acceptors (Lipinski definition) is 4. The molecule has 2 atom stereocenters. The van der Waals surface area contributed by atoms with Crippen LogP contribution in [0, 0.1) is 0 Å². The fourth-order valence-electron chi connectivity index (χ4n) is 1.50. The SMILES string of the molecule is CO[C@H]1C[C@@H](C(=O)NO)N(C)C1. The van der Waals surface area contributed by atoms with Crippen molar-refractivity contribution in [2.75, 3.05) is 20.7 Å². The minimum Gasteiger partial charge on any atom is -0.380 e. The average molecular weight is 174 g/mol. The van der Waals surface area contributed by atoms with Gasteiger partial charge >= 0.3 is 0 Å². The number of rotatable bonds is 2. The third kappa shape index (κ3) is 1.74. The summed E-state index contributed by atoms with van der Waals surface area (Å²) in [5.41, 5.74) is 1.65. The highest BCUT2D eigenvalue weighted by atomic mass is 16.5. The quantitative estimate of drug-likeness (QED) is 0.425. The third-order valence-electron chi connectivity index (χ3n) is 2.26. The van der Waals surface area contributed by atoms with E-state index >= 15 is 0 Å². The van der Waals surface area contributed by atoms with Gasteiger partial charge in [-0.15, -0.1) is 0 Å². The van der Waals surface area contributed by atoms with E-state index in [2.05, 4.69) is 0 Å². The van der Waals surface area contributed by atoms with Gasteiger partial charge in [-0.1, -0.05) is 0 Å². The lowest BCUT2D eigenvalue weighted by Crippen LogP contribution is -2.39. The summed E-state index contributed by atoms with van der Waals surface area (Å²) in [6, 6.07) is -0.264. The number of nitrogens with one attached hydrogen (secondary N) is 1. The summed E-state index contributed by atoms with van der Waals surface area (Å²) in [5, 5.41) is 8.40. The molecule has 0 unspecified atom stereocenters. The smallest absolute Gasteiger partial charge is 0.260 e. The minimum absolute atomic E-state index is 0.0947. The molecule has 0 aromatic heterocycles. The molecular weight excluding hydrogens is 160 g/mol. The molecule has 2 N–H and O–H groups in total. The minimum atomic E-state index is -0.364. The first kappa shape index (κ1) is 9.44. The summed E-state index contributed by atoms with van der Waals surface area (Å²) < 4.78 is 5.10.